The number of aliphatic carboxylic acids is 1. The standard InChI is InChI=1S/C51H61B4F4N5O17/c56-38-24-30(13-17-34(38)52(74)75)47(69)60-21-4-1-8-29(50(72)63-42(44(65)11-7-12-46(67)68)9-2-5-22-61-48(70)31-14-18-35(53(76)77)39(57)25-31)28-45(66)43(64-51(73)33-16-20-37(55(80)81)41(59)27-33)10-3-6-23-62-49(71)32-15-19-36(54(78)79)40(58)26-32/h13-20,24-27,29,42-43,74-81H,1-12,21-23,28H2,(H,60,69)(H,61,70)(H,62,71)(H,63,72)(H,64,73)(H,67,68)/t29-,42+,43+/m1/s1. The molecule has 4 aromatic rings. The van der Waals surface area contributed by atoms with E-state index in [0.717, 1.165) is 60.7 Å². The van der Waals surface area contributed by atoms with Crippen molar-refractivity contribution in [3.8, 4) is 0 Å². The van der Waals surface area contributed by atoms with E-state index in [-0.39, 0.29) is 119 Å². The molecule has 3 atom stereocenters. The lowest BCUT2D eigenvalue weighted by molar-refractivity contribution is -0.137. The minimum absolute atomic E-state index is 0.0109. The zero-order chi connectivity index (χ0) is 59.9. The Labute approximate surface area is 463 Å². The number of benzene rings is 4. The van der Waals surface area contributed by atoms with Crippen molar-refractivity contribution in [1.82, 2.24) is 26.6 Å². The van der Waals surface area contributed by atoms with Crippen LogP contribution in [0.5, 0.6) is 0 Å². The molecule has 0 saturated carbocycles. The van der Waals surface area contributed by atoms with E-state index in [1.807, 2.05) is 0 Å². The quantitative estimate of drug-likeness (QED) is 0.0133. The number of amides is 5. The van der Waals surface area contributed by atoms with Crippen molar-refractivity contribution >= 4 is 97.4 Å². The highest BCUT2D eigenvalue weighted by molar-refractivity contribution is 6.59. The van der Waals surface area contributed by atoms with Crippen LogP contribution >= 0.6 is 0 Å². The van der Waals surface area contributed by atoms with Crippen LogP contribution in [0, 0.1) is 29.2 Å². The first-order valence-corrected chi connectivity index (χ1v) is 25.7. The number of carbonyl (C=O) groups excluding carboxylic acids is 7. The molecule has 0 saturated heterocycles. The summed E-state index contributed by atoms with van der Waals surface area (Å²) in [6.45, 7) is -0.115. The molecule has 0 fully saturated rings. The fourth-order valence-electron chi connectivity index (χ4n) is 8.34. The van der Waals surface area contributed by atoms with Crippen LogP contribution in [0.1, 0.15) is 125 Å². The number of Topliss-reactive ketones (excluding diaryl/α,β-unsaturated/α-hetero) is 2. The smallest absolute Gasteiger partial charge is 0.481 e. The van der Waals surface area contributed by atoms with Gasteiger partial charge in [-0.2, -0.15) is 0 Å². The van der Waals surface area contributed by atoms with Crippen LogP contribution in [0.15, 0.2) is 72.8 Å². The number of carbonyl (C=O) groups is 8. The highest BCUT2D eigenvalue weighted by Gasteiger charge is 2.31. The summed E-state index contributed by atoms with van der Waals surface area (Å²) >= 11 is 0. The van der Waals surface area contributed by atoms with E-state index >= 15 is 0 Å². The summed E-state index contributed by atoms with van der Waals surface area (Å²) in [6, 6.07) is 8.96. The number of carboxylic acids is 1. The molecule has 432 valence electrons. The molecule has 4 aromatic carbocycles. The molecule has 0 aromatic heterocycles. The number of halogens is 4. The predicted molar refractivity (Wildman–Crippen MR) is 286 cm³/mol. The summed E-state index contributed by atoms with van der Waals surface area (Å²) in [4.78, 5) is 106. The second kappa shape index (κ2) is 32.8. The minimum Gasteiger partial charge on any atom is -0.481 e. The topological polar surface area (TPSA) is 379 Å². The minimum atomic E-state index is -2.23. The fourth-order valence-corrected chi connectivity index (χ4v) is 8.34. The Balaban J connectivity index is 1.55. The Morgan fingerprint density at radius 1 is 0.407 bits per heavy atom. The highest BCUT2D eigenvalue weighted by Crippen LogP contribution is 2.20. The van der Waals surface area contributed by atoms with Crippen LogP contribution in [0.25, 0.3) is 0 Å². The molecule has 4 rings (SSSR count). The van der Waals surface area contributed by atoms with E-state index in [1.165, 1.54) is 6.07 Å². The van der Waals surface area contributed by atoms with E-state index in [4.69, 9.17) is 0 Å². The van der Waals surface area contributed by atoms with Gasteiger partial charge in [-0.3, -0.25) is 38.4 Å². The molecule has 0 radical (unpaired) electrons. The van der Waals surface area contributed by atoms with Crippen LogP contribution < -0.4 is 48.4 Å². The third kappa shape index (κ3) is 21.3. The fraction of sp³-hybridized carbons (Fsp3) is 0.373. The van der Waals surface area contributed by atoms with Gasteiger partial charge in [-0.15, -0.1) is 0 Å². The van der Waals surface area contributed by atoms with Crippen molar-refractivity contribution in [2.75, 3.05) is 19.6 Å². The van der Waals surface area contributed by atoms with Crippen molar-refractivity contribution in [2.45, 2.75) is 95.6 Å². The lowest BCUT2D eigenvalue weighted by Gasteiger charge is -2.24. The summed E-state index contributed by atoms with van der Waals surface area (Å²) < 4.78 is 57.9. The Hall–Kier alpha value is -7.30. The first-order valence-electron chi connectivity index (χ1n) is 25.7. The Bertz CT molecular complexity index is 2870. The number of hydrogen-bond acceptors (Lipinski definition) is 16. The van der Waals surface area contributed by atoms with Gasteiger partial charge in [0.1, 0.15) is 23.3 Å². The molecular weight excluding hydrogens is 1070 g/mol. The third-order valence-corrected chi connectivity index (χ3v) is 12.9. The van der Waals surface area contributed by atoms with Gasteiger partial charge in [-0.25, -0.2) is 17.6 Å². The van der Waals surface area contributed by atoms with E-state index in [1.54, 1.807) is 0 Å². The normalized spacial score (nSPS) is 12.0. The number of nitrogens with one attached hydrogen (secondary N) is 5. The number of unbranched alkanes of at least 4 members (excludes halogenated alkanes) is 3. The molecule has 30 heteroatoms. The second-order valence-electron chi connectivity index (χ2n) is 18.9. The zero-order valence-corrected chi connectivity index (χ0v) is 43.6. The van der Waals surface area contributed by atoms with Crippen LogP contribution in [-0.4, -0.2) is 153 Å². The SMILES string of the molecule is O=C(O)CCCC(=O)[C@H](CCCCNC(=O)c1ccc(B(O)O)c(F)c1)NC(=O)[C@H](CCCCNC(=O)c1ccc(B(O)O)c(F)c1)CC(=O)[C@H](CCCCNC(=O)c1ccc(B(O)O)c(F)c1)NC(=O)c1ccc(B(O)O)c(F)c1. The van der Waals surface area contributed by atoms with E-state index < -0.39 is 145 Å². The van der Waals surface area contributed by atoms with Gasteiger partial charge in [-0.1, -0.05) is 30.7 Å². The molecule has 5 amide bonds. The van der Waals surface area contributed by atoms with Crippen LogP contribution in [-0.2, 0) is 19.2 Å². The monoisotopic (exact) mass is 1140 g/mol. The van der Waals surface area contributed by atoms with E-state index in [0.29, 0.717) is 6.07 Å². The summed E-state index contributed by atoms with van der Waals surface area (Å²) in [5, 5.41) is 97.0. The largest absolute Gasteiger partial charge is 0.491 e. The Morgan fingerprint density at radius 3 is 1.07 bits per heavy atom. The van der Waals surface area contributed by atoms with Crippen LogP contribution in [0.2, 0.25) is 0 Å². The van der Waals surface area contributed by atoms with Gasteiger partial charge in [0, 0.05) is 88.9 Å². The lowest BCUT2D eigenvalue weighted by atomic mass is 9.79. The molecule has 0 unspecified atom stereocenters. The highest BCUT2D eigenvalue weighted by atomic mass is 19.1. The lowest BCUT2D eigenvalue weighted by Crippen LogP contribution is -2.46. The van der Waals surface area contributed by atoms with Crippen molar-refractivity contribution in [2.24, 2.45) is 5.92 Å². The molecular formula is C51H61B4F4N5O17. The van der Waals surface area contributed by atoms with Crippen molar-refractivity contribution in [3.05, 3.63) is 118 Å². The molecule has 0 heterocycles. The maximum atomic E-state index is 14.8. The van der Waals surface area contributed by atoms with Gasteiger partial charge in [-0.05, 0) is 106 Å². The summed E-state index contributed by atoms with van der Waals surface area (Å²) in [6.07, 6.45) is -0.826. The zero-order valence-electron chi connectivity index (χ0n) is 43.6. The number of ketones is 2. The maximum absolute atomic E-state index is 14.8. The van der Waals surface area contributed by atoms with Crippen molar-refractivity contribution in [1.29, 1.82) is 0 Å². The van der Waals surface area contributed by atoms with Crippen LogP contribution in [0.3, 0.4) is 0 Å². The number of hydrogen-bond donors (Lipinski definition) is 14. The second-order valence-corrected chi connectivity index (χ2v) is 18.9. The van der Waals surface area contributed by atoms with Gasteiger partial charge in [0.15, 0.2) is 11.6 Å². The molecule has 22 nitrogen and oxygen atoms in total. The van der Waals surface area contributed by atoms with Crippen molar-refractivity contribution in [3.63, 3.8) is 0 Å². The molecule has 0 aliphatic carbocycles. The molecule has 81 heavy (non-hydrogen) atoms. The Morgan fingerprint density at radius 2 is 0.741 bits per heavy atom. The van der Waals surface area contributed by atoms with E-state index in [2.05, 4.69) is 26.6 Å². The third-order valence-electron chi connectivity index (χ3n) is 12.9. The summed E-state index contributed by atoms with van der Waals surface area (Å²) in [5.41, 5.74) is -2.73. The first kappa shape index (κ1) is 66.2. The molecule has 0 spiro atoms. The predicted octanol–water partition coefficient (Wildman–Crippen LogP) is -2.25. The summed E-state index contributed by atoms with van der Waals surface area (Å²) in [7, 11) is -8.60. The number of carboxylic acid groups (broad SMARTS) is 1. The molecule has 0 bridgehead atoms. The average Bonchev–Trinajstić information content (AvgIpc) is 3.40. The maximum Gasteiger partial charge on any atom is 0.491 e. The summed E-state index contributed by atoms with van der Waals surface area (Å²) in [5.74, 6) is -12.1. The van der Waals surface area contributed by atoms with Gasteiger partial charge in [0.05, 0.1) is 12.1 Å². The number of rotatable bonds is 34. The average molecular weight is 1140 g/mol. The van der Waals surface area contributed by atoms with Crippen molar-refractivity contribution < 1.29 is 101 Å². The Kier molecular flexibility index (Phi) is 26.8. The van der Waals surface area contributed by atoms with E-state index in [9.17, 15) is 101 Å². The van der Waals surface area contributed by atoms with Gasteiger partial charge < -0.3 is 71.9 Å². The first-order chi connectivity index (χ1) is 38.4. The van der Waals surface area contributed by atoms with Gasteiger partial charge >= 0.3 is 34.4 Å². The van der Waals surface area contributed by atoms with Gasteiger partial charge in [0.25, 0.3) is 23.6 Å². The van der Waals surface area contributed by atoms with Gasteiger partial charge in [0.2, 0.25) is 5.91 Å². The molecule has 0 aliphatic heterocycles. The molecule has 14 N–H and O–H groups in total. The van der Waals surface area contributed by atoms with Crippen LogP contribution in [0.4, 0.5) is 17.6 Å². The molecule has 0 aliphatic rings.